The second-order valence-corrected chi connectivity index (χ2v) is 2.01. The van der Waals surface area contributed by atoms with Crippen molar-refractivity contribution < 1.29 is 0 Å². The predicted octanol–water partition coefficient (Wildman–Crippen LogP) is 3.46. The van der Waals surface area contributed by atoms with Gasteiger partial charge in [-0.25, -0.2) is 0 Å². The van der Waals surface area contributed by atoms with Gasteiger partial charge in [-0.2, -0.15) is 0 Å². The molecule has 0 aliphatic rings. The molecule has 0 N–H and O–H groups in total. The van der Waals surface area contributed by atoms with Crippen LogP contribution in [0, 0.1) is 0 Å². The molecule has 0 aliphatic carbocycles. The molecule has 1 nitrogen and oxygen atoms in total. The molecule has 0 spiro atoms. The quantitative estimate of drug-likeness (QED) is 0.435. The van der Waals surface area contributed by atoms with Gasteiger partial charge < -0.3 is 0 Å². The molecule has 0 aromatic rings. The summed E-state index contributed by atoms with van der Waals surface area (Å²) in [5, 5.41) is 0. The topological polar surface area (TPSA) is 12.4 Å². The Balaban J connectivity index is 0. The van der Waals surface area contributed by atoms with Crippen molar-refractivity contribution in [2.45, 2.75) is 40.5 Å². The summed E-state index contributed by atoms with van der Waals surface area (Å²) in [7, 11) is 0. The van der Waals surface area contributed by atoms with Crippen LogP contribution in [0.2, 0.25) is 0 Å². The Hall–Kier alpha value is -0.590. The molecular weight excluding hydrogens is 134 g/mol. The largest absolute Gasteiger partial charge is 0.297 e. The van der Waals surface area contributed by atoms with Crippen LogP contribution in [0.4, 0.5) is 0 Å². The Bertz CT molecular complexity index is 103. The first-order valence-corrected chi connectivity index (χ1v) is 4.45. The summed E-state index contributed by atoms with van der Waals surface area (Å²) in [6.45, 7) is 12.5. The highest BCUT2D eigenvalue weighted by Gasteiger charge is 1.87. The summed E-state index contributed by atoms with van der Waals surface area (Å²) in [5.41, 5.74) is 1.40. The highest BCUT2D eigenvalue weighted by Crippen LogP contribution is 2.01. The van der Waals surface area contributed by atoms with Crippen LogP contribution in [0.5, 0.6) is 0 Å². The molecule has 66 valence electrons. The minimum Gasteiger partial charge on any atom is -0.297 e. The molecule has 0 heterocycles. The Labute approximate surface area is 71.2 Å². The van der Waals surface area contributed by atoms with Gasteiger partial charge in [0.2, 0.25) is 0 Å². The molecule has 0 atom stereocenters. The van der Waals surface area contributed by atoms with Crippen LogP contribution in [-0.2, 0) is 0 Å². The molecule has 0 aromatic carbocycles. The highest BCUT2D eigenvalue weighted by atomic mass is 14.7. The maximum atomic E-state index is 3.81. The molecule has 0 saturated heterocycles. The molecule has 0 radical (unpaired) electrons. The summed E-state index contributed by atoms with van der Waals surface area (Å²) >= 11 is 0. The molecule has 0 rings (SSSR count). The highest BCUT2D eigenvalue weighted by molar-refractivity contribution is 5.25. The summed E-state index contributed by atoms with van der Waals surface area (Å²) < 4.78 is 0. The van der Waals surface area contributed by atoms with Crippen molar-refractivity contribution in [2.75, 3.05) is 6.54 Å². The summed E-state index contributed by atoms with van der Waals surface area (Å²) in [6, 6.07) is 0. The van der Waals surface area contributed by atoms with Gasteiger partial charge in [-0.15, -0.1) is 0 Å². The van der Waals surface area contributed by atoms with Crippen molar-refractivity contribution >= 4 is 6.72 Å². The number of nitrogens with zero attached hydrogens (tertiary/aromatic N) is 1. The lowest BCUT2D eigenvalue weighted by Gasteiger charge is -1.96. The summed E-state index contributed by atoms with van der Waals surface area (Å²) in [4.78, 5) is 3.81. The average molecular weight is 155 g/mol. The van der Waals surface area contributed by atoms with Gasteiger partial charge >= 0.3 is 0 Å². The van der Waals surface area contributed by atoms with Gasteiger partial charge in [-0.3, -0.25) is 4.99 Å². The van der Waals surface area contributed by atoms with Crippen molar-refractivity contribution in [1.82, 2.24) is 0 Å². The van der Waals surface area contributed by atoms with Crippen LogP contribution in [0.15, 0.2) is 16.6 Å². The van der Waals surface area contributed by atoms with E-state index < -0.39 is 0 Å². The fourth-order valence-corrected chi connectivity index (χ4v) is 0.753. The van der Waals surface area contributed by atoms with Crippen molar-refractivity contribution in [2.24, 2.45) is 4.99 Å². The van der Waals surface area contributed by atoms with E-state index >= 15 is 0 Å². The van der Waals surface area contributed by atoms with E-state index in [4.69, 9.17) is 0 Å². The molecule has 0 aliphatic heterocycles. The number of hydrogen-bond acceptors (Lipinski definition) is 1. The second-order valence-electron chi connectivity index (χ2n) is 2.01. The zero-order chi connectivity index (χ0) is 9.11. The SMILES string of the molecule is C=NC/C(=C\CC)CC.CC. The number of allylic oxidation sites excluding steroid dienone is 1. The van der Waals surface area contributed by atoms with E-state index in [1.165, 1.54) is 5.57 Å². The summed E-state index contributed by atoms with van der Waals surface area (Å²) in [5.74, 6) is 0. The van der Waals surface area contributed by atoms with Crippen LogP contribution >= 0.6 is 0 Å². The number of aliphatic imine (C=N–C) groups is 1. The third-order valence-electron chi connectivity index (χ3n) is 1.26. The monoisotopic (exact) mass is 155 g/mol. The molecule has 0 bridgehead atoms. The average Bonchev–Trinajstić information content (AvgIpc) is 2.08. The van der Waals surface area contributed by atoms with Crippen molar-refractivity contribution in [3.05, 3.63) is 11.6 Å². The molecule has 0 fully saturated rings. The molecule has 11 heavy (non-hydrogen) atoms. The molecular formula is C10H21N. The number of rotatable bonds is 4. The lowest BCUT2D eigenvalue weighted by molar-refractivity contribution is 0.987. The smallest absolute Gasteiger partial charge is 0.0592 e. The van der Waals surface area contributed by atoms with Crippen molar-refractivity contribution in [3.8, 4) is 0 Å². The third-order valence-corrected chi connectivity index (χ3v) is 1.26. The standard InChI is InChI=1S/C8H15N.C2H6/c1-4-6-8(5-2)7-9-3;1-2/h6H,3-5,7H2,1-2H3;1-2H3/b8-6-;. The first kappa shape index (κ1) is 13.0. The van der Waals surface area contributed by atoms with Crippen LogP contribution in [0.1, 0.15) is 40.5 Å². The van der Waals surface area contributed by atoms with E-state index in [2.05, 4.69) is 31.6 Å². The van der Waals surface area contributed by atoms with Crippen LogP contribution in [0.25, 0.3) is 0 Å². The van der Waals surface area contributed by atoms with Crippen molar-refractivity contribution in [3.63, 3.8) is 0 Å². The van der Waals surface area contributed by atoms with Gasteiger partial charge in [0.05, 0.1) is 6.54 Å². The Morgan fingerprint density at radius 2 is 1.91 bits per heavy atom. The van der Waals surface area contributed by atoms with E-state index in [-0.39, 0.29) is 0 Å². The summed E-state index contributed by atoms with van der Waals surface area (Å²) in [6.07, 6.45) is 4.43. The van der Waals surface area contributed by atoms with Crippen LogP contribution < -0.4 is 0 Å². The van der Waals surface area contributed by atoms with Crippen LogP contribution in [-0.4, -0.2) is 13.3 Å². The Morgan fingerprint density at radius 1 is 1.36 bits per heavy atom. The van der Waals surface area contributed by atoms with E-state index in [0.717, 1.165) is 19.4 Å². The molecule has 0 aromatic heterocycles. The number of hydrogen-bond donors (Lipinski definition) is 0. The van der Waals surface area contributed by atoms with E-state index in [0.29, 0.717) is 0 Å². The molecule has 1 heteroatoms. The van der Waals surface area contributed by atoms with E-state index in [1.54, 1.807) is 0 Å². The maximum Gasteiger partial charge on any atom is 0.0592 e. The first-order valence-electron chi connectivity index (χ1n) is 4.45. The van der Waals surface area contributed by atoms with Gasteiger partial charge in [0, 0.05) is 0 Å². The van der Waals surface area contributed by atoms with Gasteiger partial charge in [0.1, 0.15) is 0 Å². The van der Waals surface area contributed by atoms with Gasteiger partial charge in [0.25, 0.3) is 0 Å². The fraction of sp³-hybridized carbons (Fsp3) is 0.700. The van der Waals surface area contributed by atoms with E-state index in [1.807, 2.05) is 13.8 Å². The normalized spacial score (nSPS) is 10.0. The van der Waals surface area contributed by atoms with Gasteiger partial charge in [0.15, 0.2) is 0 Å². The second kappa shape index (κ2) is 12.1. The minimum absolute atomic E-state index is 0.810. The van der Waals surface area contributed by atoms with Gasteiger partial charge in [-0.1, -0.05) is 39.3 Å². The maximum absolute atomic E-state index is 3.81. The predicted molar refractivity (Wildman–Crippen MR) is 54.4 cm³/mol. The molecule has 0 amide bonds. The lowest BCUT2D eigenvalue weighted by Crippen LogP contribution is -1.84. The first-order chi connectivity index (χ1) is 5.35. The zero-order valence-corrected chi connectivity index (χ0v) is 8.35. The molecule has 0 saturated carbocycles. The molecule has 0 unspecified atom stereocenters. The van der Waals surface area contributed by atoms with E-state index in [9.17, 15) is 0 Å². The lowest BCUT2D eigenvalue weighted by atomic mass is 10.2. The Kier molecular flexibility index (Phi) is 14.4. The fourth-order valence-electron chi connectivity index (χ4n) is 0.753. The van der Waals surface area contributed by atoms with Gasteiger partial charge in [-0.05, 0) is 19.6 Å². The zero-order valence-electron chi connectivity index (χ0n) is 8.35. The third kappa shape index (κ3) is 9.41. The minimum atomic E-state index is 0.810. The van der Waals surface area contributed by atoms with Crippen molar-refractivity contribution in [1.29, 1.82) is 0 Å². The Morgan fingerprint density at radius 3 is 2.18 bits per heavy atom. The van der Waals surface area contributed by atoms with Crippen LogP contribution in [0.3, 0.4) is 0 Å².